The minimum Gasteiger partial charge on any atom is -0.481 e. The number of amides is 1. The lowest BCUT2D eigenvalue weighted by Crippen LogP contribution is -2.39. The highest BCUT2D eigenvalue weighted by atomic mass is 16.6. The molecule has 2 aromatic rings. The molecule has 0 radical (unpaired) electrons. The van der Waals surface area contributed by atoms with E-state index in [1.807, 2.05) is 24.3 Å². The van der Waals surface area contributed by atoms with E-state index >= 15 is 0 Å². The minimum absolute atomic E-state index is 0.0110. The number of carboxylic acids is 1. The van der Waals surface area contributed by atoms with E-state index in [0.717, 1.165) is 11.1 Å². The van der Waals surface area contributed by atoms with Gasteiger partial charge in [-0.2, -0.15) is 0 Å². The molecule has 0 spiro atoms. The Morgan fingerprint density at radius 2 is 1.75 bits per heavy atom. The van der Waals surface area contributed by atoms with Gasteiger partial charge < -0.3 is 19.5 Å². The smallest absolute Gasteiger partial charge is 0.409 e. The summed E-state index contributed by atoms with van der Waals surface area (Å²) < 4.78 is 11.2. The van der Waals surface area contributed by atoms with Crippen LogP contribution in [0.25, 0.3) is 11.1 Å². The van der Waals surface area contributed by atoms with E-state index in [1.165, 1.54) is 16.0 Å². The molecule has 1 aliphatic carbocycles. The van der Waals surface area contributed by atoms with E-state index in [0.29, 0.717) is 13.0 Å². The normalized spacial score (nSPS) is 25.3. The first-order chi connectivity index (χ1) is 13.6. The predicted octanol–water partition coefficient (Wildman–Crippen LogP) is 3.11. The zero-order chi connectivity index (χ0) is 19.3. The van der Waals surface area contributed by atoms with Crippen molar-refractivity contribution in [2.75, 3.05) is 26.3 Å². The van der Waals surface area contributed by atoms with Crippen LogP contribution < -0.4 is 0 Å². The number of carboxylic acid groups (broad SMARTS) is 1. The average Bonchev–Trinajstić information content (AvgIpc) is 3.36. The number of carbonyl (C=O) groups is 2. The molecule has 3 aliphatic rings. The largest absolute Gasteiger partial charge is 0.481 e. The Balaban J connectivity index is 1.32. The molecule has 2 saturated heterocycles. The predicted molar refractivity (Wildman–Crippen MR) is 101 cm³/mol. The number of hydrogen-bond donors (Lipinski definition) is 1. The van der Waals surface area contributed by atoms with Gasteiger partial charge in [0.2, 0.25) is 0 Å². The van der Waals surface area contributed by atoms with Crippen molar-refractivity contribution in [3.63, 3.8) is 0 Å². The van der Waals surface area contributed by atoms with Gasteiger partial charge in [0.25, 0.3) is 0 Å². The van der Waals surface area contributed by atoms with Gasteiger partial charge >= 0.3 is 12.1 Å². The number of hydrogen-bond acceptors (Lipinski definition) is 4. The molecule has 2 aliphatic heterocycles. The maximum absolute atomic E-state index is 12.7. The zero-order valence-electron chi connectivity index (χ0n) is 15.3. The second-order valence-corrected chi connectivity index (χ2v) is 7.76. The van der Waals surface area contributed by atoms with Crippen LogP contribution in [0.15, 0.2) is 48.5 Å². The Labute approximate surface area is 162 Å². The van der Waals surface area contributed by atoms with Crippen LogP contribution in [0.5, 0.6) is 0 Å². The SMILES string of the molecule is O=C(OCC1c2ccccc2-c2ccccc21)N1C[C@H]2OCC[C@@]2(C(=O)O)C1. The van der Waals surface area contributed by atoms with Crippen molar-refractivity contribution in [1.29, 1.82) is 0 Å². The van der Waals surface area contributed by atoms with Gasteiger partial charge in [-0.3, -0.25) is 4.79 Å². The third-order valence-corrected chi connectivity index (χ3v) is 6.36. The molecule has 0 aromatic heterocycles. The average molecular weight is 379 g/mol. The molecule has 6 heteroatoms. The number of fused-ring (bicyclic) bond motifs is 4. The van der Waals surface area contributed by atoms with Crippen LogP contribution >= 0.6 is 0 Å². The molecule has 5 rings (SSSR count). The number of likely N-dealkylation sites (tertiary alicyclic amines) is 1. The van der Waals surface area contributed by atoms with Crippen molar-refractivity contribution in [2.45, 2.75) is 18.4 Å². The molecule has 1 amide bonds. The maximum Gasteiger partial charge on any atom is 0.409 e. The summed E-state index contributed by atoms with van der Waals surface area (Å²) in [7, 11) is 0. The summed E-state index contributed by atoms with van der Waals surface area (Å²) in [4.78, 5) is 25.9. The van der Waals surface area contributed by atoms with Gasteiger partial charge in [0.1, 0.15) is 12.0 Å². The molecule has 2 aromatic carbocycles. The van der Waals surface area contributed by atoms with Gasteiger partial charge in [0, 0.05) is 19.1 Å². The summed E-state index contributed by atoms with van der Waals surface area (Å²) in [5.41, 5.74) is 3.66. The number of aliphatic carboxylic acids is 1. The summed E-state index contributed by atoms with van der Waals surface area (Å²) in [5, 5.41) is 9.64. The Morgan fingerprint density at radius 1 is 1.11 bits per heavy atom. The third-order valence-electron chi connectivity index (χ3n) is 6.36. The number of carbonyl (C=O) groups excluding carboxylic acids is 1. The fourth-order valence-corrected chi connectivity index (χ4v) is 4.85. The summed E-state index contributed by atoms with van der Waals surface area (Å²) in [5.74, 6) is -0.910. The first kappa shape index (κ1) is 17.3. The van der Waals surface area contributed by atoms with Crippen molar-refractivity contribution >= 4 is 12.1 Å². The van der Waals surface area contributed by atoms with Crippen molar-refractivity contribution in [3.8, 4) is 11.1 Å². The van der Waals surface area contributed by atoms with Gasteiger partial charge in [-0.25, -0.2) is 4.79 Å². The highest BCUT2D eigenvalue weighted by molar-refractivity contribution is 5.80. The van der Waals surface area contributed by atoms with Gasteiger partial charge in [-0.1, -0.05) is 48.5 Å². The molecule has 2 atom stereocenters. The van der Waals surface area contributed by atoms with Crippen molar-refractivity contribution in [3.05, 3.63) is 59.7 Å². The fraction of sp³-hybridized carbons (Fsp3) is 0.364. The highest BCUT2D eigenvalue weighted by Crippen LogP contribution is 2.45. The molecule has 0 unspecified atom stereocenters. The van der Waals surface area contributed by atoms with E-state index in [1.54, 1.807) is 0 Å². The first-order valence-corrected chi connectivity index (χ1v) is 9.55. The standard InChI is InChI=1S/C22H21NO5/c24-20(25)22-9-10-27-19(22)11-23(13-22)21(26)28-12-18-16-7-3-1-5-14(16)15-6-2-4-8-17(15)18/h1-8,18-19H,9-13H2,(H,24,25)/t19-,22-/m1/s1. The first-order valence-electron chi connectivity index (χ1n) is 9.55. The second kappa shape index (κ2) is 6.34. The van der Waals surface area contributed by atoms with E-state index < -0.39 is 23.6 Å². The van der Waals surface area contributed by atoms with Crippen LogP contribution in [0.2, 0.25) is 0 Å². The monoisotopic (exact) mass is 379 g/mol. The molecular weight excluding hydrogens is 358 g/mol. The minimum atomic E-state index is -0.994. The number of rotatable bonds is 3. The Kier molecular flexibility index (Phi) is 3.91. The molecule has 2 fully saturated rings. The van der Waals surface area contributed by atoms with Gasteiger partial charge in [-0.15, -0.1) is 0 Å². The van der Waals surface area contributed by atoms with Crippen LogP contribution in [0, 0.1) is 5.41 Å². The Morgan fingerprint density at radius 3 is 2.36 bits per heavy atom. The third kappa shape index (κ3) is 2.44. The molecule has 1 N–H and O–H groups in total. The van der Waals surface area contributed by atoms with Gasteiger partial charge in [-0.05, 0) is 28.7 Å². The summed E-state index contributed by atoms with van der Waals surface area (Å²) in [6.07, 6.45) is -0.494. The molecule has 0 saturated carbocycles. The lowest BCUT2D eigenvalue weighted by Gasteiger charge is -2.22. The Hall–Kier alpha value is -2.86. The van der Waals surface area contributed by atoms with E-state index in [4.69, 9.17) is 9.47 Å². The topological polar surface area (TPSA) is 76.1 Å². The van der Waals surface area contributed by atoms with Gasteiger partial charge in [0.15, 0.2) is 0 Å². The molecule has 2 heterocycles. The van der Waals surface area contributed by atoms with E-state index in [9.17, 15) is 14.7 Å². The fourth-order valence-electron chi connectivity index (χ4n) is 4.85. The van der Waals surface area contributed by atoms with Gasteiger partial charge in [0.05, 0.1) is 12.6 Å². The molecule has 0 bridgehead atoms. The quantitative estimate of drug-likeness (QED) is 0.887. The summed E-state index contributed by atoms with van der Waals surface area (Å²) >= 11 is 0. The molecule has 28 heavy (non-hydrogen) atoms. The summed E-state index contributed by atoms with van der Waals surface area (Å²) in [6.45, 7) is 1.07. The highest BCUT2D eigenvalue weighted by Gasteiger charge is 2.57. The maximum atomic E-state index is 12.7. The van der Waals surface area contributed by atoms with Crippen LogP contribution in [-0.4, -0.2) is 54.5 Å². The zero-order valence-corrected chi connectivity index (χ0v) is 15.3. The van der Waals surface area contributed by atoms with Crippen molar-refractivity contribution in [2.24, 2.45) is 5.41 Å². The lowest BCUT2D eigenvalue weighted by molar-refractivity contribution is -0.149. The number of benzene rings is 2. The van der Waals surface area contributed by atoms with E-state index in [-0.39, 0.29) is 25.6 Å². The second-order valence-electron chi connectivity index (χ2n) is 7.76. The van der Waals surface area contributed by atoms with Crippen LogP contribution in [0.4, 0.5) is 4.79 Å². The van der Waals surface area contributed by atoms with Crippen LogP contribution in [0.1, 0.15) is 23.5 Å². The lowest BCUT2D eigenvalue weighted by atomic mass is 9.84. The Bertz CT molecular complexity index is 912. The summed E-state index contributed by atoms with van der Waals surface area (Å²) in [6, 6.07) is 16.3. The molecule has 144 valence electrons. The molecule has 6 nitrogen and oxygen atoms in total. The van der Waals surface area contributed by atoms with Crippen LogP contribution in [-0.2, 0) is 14.3 Å². The van der Waals surface area contributed by atoms with Crippen molar-refractivity contribution in [1.82, 2.24) is 4.90 Å². The van der Waals surface area contributed by atoms with Crippen LogP contribution in [0.3, 0.4) is 0 Å². The van der Waals surface area contributed by atoms with Crippen molar-refractivity contribution < 1.29 is 24.2 Å². The van der Waals surface area contributed by atoms with E-state index in [2.05, 4.69) is 24.3 Å². The number of nitrogens with zero attached hydrogens (tertiary/aromatic N) is 1. The molecular formula is C22H21NO5. The number of ether oxygens (including phenoxy) is 2.